The zero-order chi connectivity index (χ0) is 28.2. The van der Waals surface area contributed by atoms with E-state index in [-0.39, 0.29) is 29.3 Å². The molecule has 2 heterocycles. The Morgan fingerprint density at radius 3 is 2.39 bits per heavy atom. The summed E-state index contributed by atoms with van der Waals surface area (Å²) in [5.74, 6) is 7.26. The number of ketones is 1. The molecule has 8 nitrogen and oxygen atoms in total. The lowest BCUT2D eigenvalue weighted by Crippen LogP contribution is -2.32. The number of fused-ring (bicyclic) bond motifs is 1. The third-order valence-electron chi connectivity index (χ3n) is 7.18. The lowest BCUT2D eigenvalue weighted by atomic mass is 9.75. The number of carboxylic acids is 1. The highest BCUT2D eigenvalue weighted by Crippen LogP contribution is 2.33. The van der Waals surface area contributed by atoms with E-state index in [1.807, 2.05) is 0 Å². The van der Waals surface area contributed by atoms with Gasteiger partial charge < -0.3 is 5.11 Å². The normalized spacial score (nSPS) is 16.1. The minimum atomic E-state index is -0.984. The Kier molecular flexibility index (Phi) is 9.07. The second-order valence-corrected chi connectivity index (χ2v) is 9.64. The van der Waals surface area contributed by atoms with Gasteiger partial charge in [0.05, 0.1) is 28.3 Å². The Balaban J connectivity index is 0.00000387. The number of hydrogen-bond donors (Lipinski definition) is 3. The van der Waals surface area contributed by atoms with Crippen LogP contribution in [0.3, 0.4) is 0 Å². The maximum atomic E-state index is 14.9. The van der Waals surface area contributed by atoms with Crippen LogP contribution in [0.15, 0.2) is 67.0 Å². The summed E-state index contributed by atoms with van der Waals surface area (Å²) >= 11 is 0. The number of nitrogens with one attached hydrogen (secondary N) is 1. The molecule has 1 aliphatic carbocycles. The second-order valence-electron chi connectivity index (χ2n) is 9.64. The number of nitrogens with zero attached hydrogens (tertiary/aromatic N) is 2. The van der Waals surface area contributed by atoms with Crippen molar-refractivity contribution in [2.75, 3.05) is 0 Å². The third-order valence-corrected chi connectivity index (χ3v) is 7.18. The molecule has 2 unspecified atom stereocenters. The number of halogens is 2. The monoisotopic (exact) mass is 572 g/mol. The van der Waals surface area contributed by atoms with E-state index in [0.29, 0.717) is 40.6 Å². The van der Waals surface area contributed by atoms with Crippen LogP contribution in [-0.2, 0) is 4.79 Å². The molecule has 0 spiro atoms. The number of nitrogens with two attached hydrogens (primary N) is 1. The van der Waals surface area contributed by atoms with Gasteiger partial charge in [-0.2, -0.15) is 0 Å². The molecule has 0 radical (unpaired) electrons. The van der Waals surface area contributed by atoms with E-state index in [2.05, 4.69) is 27.2 Å². The van der Waals surface area contributed by atoms with E-state index >= 15 is 0 Å². The van der Waals surface area contributed by atoms with E-state index in [0.717, 1.165) is 24.5 Å². The lowest BCUT2D eigenvalue weighted by molar-refractivity contribution is -0.144. The molecule has 2 aromatic carbocycles. The van der Waals surface area contributed by atoms with Crippen LogP contribution in [-0.4, -0.2) is 32.7 Å². The molecule has 0 saturated heterocycles. The Morgan fingerprint density at radius 1 is 0.976 bits per heavy atom. The summed E-state index contributed by atoms with van der Waals surface area (Å²) in [6, 6.07) is 14.5. The number of rotatable bonds is 5. The van der Waals surface area contributed by atoms with Crippen molar-refractivity contribution in [2.24, 2.45) is 17.7 Å². The van der Waals surface area contributed by atoms with Gasteiger partial charge in [-0.15, -0.1) is 12.4 Å². The van der Waals surface area contributed by atoms with Gasteiger partial charge in [-0.25, -0.2) is 15.2 Å². The summed E-state index contributed by atoms with van der Waals surface area (Å²) in [7, 11) is 0. The highest BCUT2D eigenvalue weighted by molar-refractivity contribution is 6.06. The quantitative estimate of drug-likeness (QED) is 0.101. The molecular weight excluding hydrogens is 547 g/mol. The molecule has 4 N–H and O–H groups in total. The molecule has 0 bridgehead atoms. The summed E-state index contributed by atoms with van der Waals surface area (Å²) in [5, 5.41) is 10.1. The predicted molar refractivity (Wildman–Crippen MR) is 154 cm³/mol. The van der Waals surface area contributed by atoms with Gasteiger partial charge in [-0.3, -0.25) is 24.8 Å². The smallest absolute Gasteiger partial charge is 0.307 e. The molecule has 2 atom stereocenters. The maximum Gasteiger partial charge on any atom is 0.307 e. The van der Waals surface area contributed by atoms with Crippen molar-refractivity contribution in [2.45, 2.75) is 25.7 Å². The highest BCUT2D eigenvalue weighted by atomic mass is 35.5. The number of Topliss-reactive ketones (excluding diaryl/α,β-unsaturated/α-hetero) is 1. The number of amides is 1. The molecule has 1 saturated carbocycles. The Morgan fingerprint density at radius 2 is 1.71 bits per heavy atom. The number of carbonyl (C=O) groups excluding carboxylic acids is 2. The number of carbonyl (C=O) groups is 3. The first-order valence-electron chi connectivity index (χ1n) is 12.8. The number of benzene rings is 2. The average Bonchev–Trinajstić information content (AvgIpc) is 2.99. The van der Waals surface area contributed by atoms with Crippen LogP contribution in [0, 0.1) is 29.5 Å². The van der Waals surface area contributed by atoms with Crippen LogP contribution in [0.4, 0.5) is 4.39 Å². The van der Waals surface area contributed by atoms with Crippen LogP contribution < -0.4 is 11.3 Å². The van der Waals surface area contributed by atoms with Gasteiger partial charge in [-0.05, 0) is 55.3 Å². The number of hydrogen-bond acceptors (Lipinski definition) is 6. The lowest BCUT2D eigenvalue weighted by Gasteiger charge is -2.27. The standard InChI is InChI=1S/C31H25FN4O4.ClH/c32-26-15-21(29(37)22-3-1-2-4-23(22)31(39)40)12-11-19(26)8-5-18-6-9-20(10-7-18)28-16-24(30(38)36-33)25-17-34-14-13-27(25)35-28;/h6-7,9-17,22-23H,1-4,33H2,(H,36,38)(H,39,40);1H. The summed E-state index contributed by atoms with van der Waals surface area (Å²) in [4.78, 5) is 45.5. The van der Waals surface area contributed by atoms with Crippen LogP contribution >= 0.6 is 12.4 Å². The molecule has 10 heteroatoms. The van der Waals surface area contributed by atoms with Crippen molar-refractivity contribution in [3.05, 3.63) is 95.1 Å². The first-order chi connectivity index (χ1) is 19.4. The van der Waals surface area contributed by atoms with Gasteiger partial charge in [0.25, 0.3) is 5.91 Å². The molecule has 0 aliphatic heterocycles. The fourth-order valence-electron chi connectivity index (χ4n) is 5.07. The van der Waals surface area contributed by atoms with Crippen molar-refractivity contribution >= 4 is 41.0 Å². The number of pyridine rings is 2. The molecule has 4 aromatic rings. The van der Waals surface area contributed by atoms with E-state index < -0.39 is 29.5 Å². The van der Waals surface area contributed by atoms with Crippen molar-refractivity contribution in [1.82, 2.24) is 15.4 Å². The molecule has 208 valence electrons. The average molecular weight is 573 g/mol. The number of carboxylic acid groups (broad SMARTS) is 1. The SMILES string of the molecule is Cl.NNC(=O)c1cc(-c2ccc(C#Cc3ccc(C(=O)C4CCCCC4C(=O)O)cc3F)cc2)nc2ccncc12. The van der Waals surface area contributed by atoms with E-state index in [1.54, 1.807) is 48.8 Å². The van der Waals surface area contributed by atoms with E-state index in [4.69, 9.17) is 5.84 Å². The summed E-state index contributed by atoms with van der Waals surface area (Å²) in [6.07, 6.45) is 5.64. The van der Waals surface area contributed by atoms with Gasteiger partial charge in [0.2, 0.25) is 0 Å². The Hall–Kier alpha value is -4.65. The largest absolute Gasteiger partial charge is 0.481 e. The minimum Gasteiger partial charge on any atom is -0.481 e. The zero-order valence-electron chi connectivity index (χ0n) is 21.8. The van der Waals surface area contributed by atoms with E-state index in [1.165, 1.54) is 12.1 Å². The van der Waals surface area contributed by atoms with Crippen LogP contribution in [0.5, 0.6) is 0 Å². The van der Waals surface area contributed by atoms with Crippen molar-refractivity contribution in [3.8, 4) is 23.1 Å². The number of aliphatic carboxylic acids is 1. The molecule has 1 fully saturated rings. The minimum absolute atomic E-state index is 0. The molecule has 5 rings (SSSR count). The Bertz CT molecular complexity index is 1700. The molecule has 1 amide bonds. The molecule has 41 heavy (non-hydrogen) atoms. The topological polar surface area (TPSA) is 135 Å². The summed E-state index contributed by atoms with van der Waals surface area (Å²) in [6.45, 7) is 0. The van der Waals surface area contributed by atoms with Gasteiger partial charge in [0.1, 0.15) is 5.82 Å². The van der Waals surface area contributed by atoms with Crippen molar-refractivity contribution in [3.63, 3.8) is 0 Å². The van der Waals surface area contributed by atoms with Gasteiger partial charge in [0.15, 0.2) is 5.78 Å². The highest BCUT2D eigenvalue weighted by Gasteiger charge is 2.36. The van der Waals surface area contributed by atoms with Crippen molar-refractivity contribution in [1.29, 1.82) is 0 Å². The van der Waals surface area contributed by atoms with Crippen LogP contribution in [0.25, 0.3) is 22.2 Å². The zero-order valence-corrected chi connectivity index (χ0v) is 22.6. The summed E-state index contributed by atoms with van der Waals surface area (Å²) in [5.41, 5.74) is 5.30. The van der Waals surface area contributed by atoms with Crippen LogP contribution in [0.1, 0.15) is 57.5 Å². The fraction of sp³-hybridized carbons (Fsp3) is 0.194. The fourth-order valence-corrected chi connectivity index (χ4v) is 5.07. The number of hydrazine groups is 1. The predicted octanol–water partition coefficient (Wildman–Crippen LogP) is 4.93. The number of nitrogen functional groups attached to an aromatic ring is 1. The van der Waals surface area contributed by atoms with Crippen LogP contribution in [0.2, 0.25) is 0 Å². The molecule has 1 aliphatic rings. The molecule has 2 aromatic heterocycles. The van der Waals surface area contributed by atoms with Gasteiger partial charge in [0, 0.05) is 40.4 Å². The van der Waals surface area contributed by atoms with Crippen molar-refractivity contribution < 1.29 is 23.9 Å². The second kappa shape index (κ2) is 12.7. The first-order valence-corrected chi connectivity index (χ1v) is 12.8. The summed E-state index contributed by atoms with van der Waals surface area (Å²) < 4.78 is 14.9. The number of aromatic nitrogens is 2. The van der Waals surface area contributed by atoms with E-state index in [9.17, 15) is 23.9 Å². The van der Waals surface area contributed by atoms with Gasteiger partial charge >= 0.3 is 5.97 Å². The first kappa shape index (κ1) is 29.3. The Labute approximate surface area is 241 Å². The van der Waals surface area contributed by atoms with Gasteiger partial charge in [-0.1, -0.05) is 36.8 Å². The maximum absolute atomic E-state index is 14.9. The third kappa shape index (κ3) is 6.24. The molecular formula is C31H26ClFN4O4.